The minimum atomic E-state index is -4.67. The van der Waals surface area contributed by atoms with E-state index in [1.807, 2.05) is 0 Å². The predicted molar refractivity (Wildman–Crippen MR) is 83.7 cm³/mol. The Morgan fingerprint density at radius 3 is 2.04 bits per heavy atom. The lowest BCUT2D eigenvalue weighted by Gasteiger charge is -2.28. The van der Waals surface area contributed by atoms with Gasteiger partial charge in [-0.2, -0.15) is 18.4 Å². The van der Waals surface area contributed by atoms with Gasteiger partial charge in [-0.3, -0.25) is 30.3 Å². The van der Waals surface area contributed by atoms with Gasteiger partial charge in [0, 0.05) is 6.08 Å². The summed E-state index contributed by atoms with van der Waals surface area (Å²) >= 11 is 0. The largest absolute Gasteiger partial charge is 0.416 e. The average Bonchev–Trinajstić information content (AvgIpc) is 2.61. The predicted octanol–water partition coefficient (Wildman–Crippen LogP) is 3.07. The summed E-state index contributed by atoms with van der Waals surface area (Å²) in [6.07, 6.45) is -3.68. The molecule has 0 fully saturated rings. The van der Waals surface area contributed by atoms with Crippen LogP contribution in [0.3, 0.4) is 0 Å². The fraction of sp³-hybridized carbons (Fsp3) is 0.200. The first-order chi connectivity index (χ1) is 13.0. The van der Waals surface area contributed by atoms with E-state index in [-0.39, 0.29) is 5.56 Å². The molecule has 1 aromatic carbocycles. The van der Waals surface area contributed by atoms with E-state index in [4.69, 9.17) is 0 Å². The van der Waals surface area contributed by atoms with Crippen LogP contribution in [0.4, 0.5) is 13.2 Å². The van der Waals surface area contributed by atoms with Crippen LogP contribution in [0, 0.1) is 53.6 Å². The van der Waals surface area contributed by atoms with Gasteiger partial charge in [-0.15, -0.1) is 0 Å². The lowest BCUT2D eigenvalue weighted by molar-refractivity contribution is -0.488. The zero-order chi connectivity index (χ0) is 21.2. The quantitative estimate of drug-likeness (QED) is 0.420. The van der Waals surface area contributed by atoms with Gasteiger partial charge in [-0.05, 0) is 27.5 Å². The maximum atomic E-state index is 12.7. The summed E-state index contributed by atoms with van der Waals surface area (Å²) in [7, 11) is 0. The first kappa shape index (κ1) is 20.4. The van der Waals surface area contributed by atoms with Crippen molar-refractivity contribution in [3.63, 3.8) is 0 Å². The highest BCUT2D eigenvalue weighted by atomic mass is 19.4. The van der Waals surface area contributed by atoms with E-state index in [9.17, 15) is 48.8 Å². The van der Waals surface area contributed by atoms with Crippen LogP contribution in [0.2, 0.25) is 0 Å². The number of nitro groups is 3. The number of allylic oxidation sites excluding steroid dienone is 1. The number of halogens is 3. The van der Waals surface area contributed by atoms with Gasteiger partial charge in [0.05, 0.1) is 28.4 Å². The standard InChI is InChI=1S/C15H8F3N4O6/c16-15(17,18)9-3-1-8(2-4-9)11(7-19)14-12(21(25)26)5-10(20(23)24)6-13(14)22(27)28/h1-6,11,14H/q-1. The van der Waals surface area contributed by atoms with Crippen molar-refractivity contribution in [1.29, 1.82) is 5.26 Å². The molecule has 13 heteroatoms. The van der Waals surface area contributed by atoms with Gasteiger partial charge in [0.2, 0.25) is 5.70 Å². The van der Waals surface area contributed by atoms with Gasteiger partial charge in [-0.1, -0.05) is 18.2 Å². The number of benzene rings is 1. The van der Waals surface area contributed by atoms with E-state index in [1.165, 1.54) is 0 Å². The maximum Gasteiger partial charge on any atom is 0.416 e. The second-order valence-electron chi connectivity index (χ2n) is 5.54. The van der Waals surface area contributed by atoms with Crippen LogP contribution >= 0.6 is 0 Å². The van der Waals surface area contributed by atoms with E-state index < -0.39 is 55.8 Å². The lowest BCUT2D eigenvalue weighted by Crippen LogP contribution is -2.32. The average molecular weight is 397 g/mol. The molecule has 0 spiro atoms. The Morgan fingerprint density at radius 2 is 1.64 bits per heavy atom. The Balaban J connectivity index is 2.58. The zero-order valence-corrected chi connectivity index (χ0v) is 13.5. The number of nitrogens with zero attached hydrogens (tertiary/aromatic N) is 4. The van der Waals surface area contributed by atoms with E-state index in [0.717, 1.165) is 12.1 Å². The molecule has 0 heterocycles. The van der Waals surface area contributed by atoms with Crippen molar-refractivity contribution in [2.75, 3.05) is 0 Å². The second-order valence-corrected chi connectivity index (χ2v) is 5.54. The molecule has 0 aliphatic heterocycles. The van der Waals surface area contributed by atoms with E-state index in [0.29, 0.717) is 24.3 Å². The number of alkyl halides is 3. The molecule has 2 unspecified atom stereocenters. The minimum absolute atomic E-state index is 0.148. The molecule has 1 aliphatic carbocycles. The number of hydrogen-bond acceptors (Lipinski definition) is 7. The molecule has 146 valence electrons. The van der Waals surface area contributed by atoms with Crippen molar-refractivity contribution >= 4 is 0 Å². The molecular formula is C15H8F3N4O6-. The summed E-state index contributed by atoms with van der Waals surface area (Å²) in [5.41, 5.74) is -3.09. The SMILES string of the molecule is N#CC(c1ccc(C(F)(F)F)cc1)C1C([N+](=O)[O-])=CC([N+](=O)[O-])=C[C-]1[N+](=O)[O-]. The third-order valence-corrected chi connectivity index (χ3v) is 3.93. The van der Waals surface area contributed by atoms with Crippen LogP contribution in [0.5, 0.6) is 0 Å². The van der Waals surface area contributed by atoms with E-state index in [2.05, 4.69) is 0 Å². The van der Waals surface area contributed by atoms with Gasteiger partial charge in [-0.25, -0.2) is 0 Å². The molecule has 0 saturated heterocycles. The summed E-state index contributed by atoms with van der Waals surface area (Å²) in [5.74, 6) is -3.45. The molecule has 0 bridgehead atoms. The first-order valence-electron chi connectivity index (χ1n) is 7.27. The Hall–Kier alpha value is -3.95. The molecule has 0 N–H and O–H groups in total. The number of hydrogen-bond donors (Lipinski definition) is 0. The smallest absolute Gasteiger partial charge is 0.277 e. The third-order valence-electron chi connectivity index (χ3n) is 3.93. The highest BCUT2D eigenvalue weighted by Gasteiger charge is 2.44. The van der Waals surface area contributed by atoms with Crippen molar-refractivity contribution in [2.24, 2.45) is 5.92 Å². The minimum Gasteiger partial charge on any atom is -0.277 e. The number of nitriles is 1. The van der Waals surface area contributed by atoms with Gasteiger partial charge >= 0.3 is 6.18 Å². The van der Waals surface area contributed by atoms with Crippen LogP contribution in [-0.2, 0) is 6.18 Å². The van der Waals surface area contributed by atoms with Gasteiger partial charge in [0.25, 0.3) is 0 Å². The van der Waals surface area contributed by atoms with Crippen LogP contribution in [0.25, 0.3) is 0 Å². The van der Waals surface area contributed by atoms with Crippen molar-refractivity contribution in [2.45, 2.75) is 12.1 Å². The van der Waals surface area contributed by atoms with Gasteiger partial charge in [0.1, 0.15) is 11.7 Å². The van der Waals surface area contributed by atoms with Crippen molar-refractivity contribution in [1.82, 2.24) is 0 Å². The van der Waals surface area contributed by atoms with Crippen molar-refractivity contribution in [3.05, 3.63) is 95.3 Å². The molecule has 28 heavy (non-hydrogen) atoms. The Kier molecular flexibility index (Phi) is 5.34. The van der Waals surface area contributed by atoms with Crippen LogP contribution in [0.1, 0.15) is 17.0 Å². The molecule has 0 saturated carbocycles. The summed E-state index contributed by atoms with van der Waals surface area (Å²) in [6, 6.07) is 3.63. The Labute approximate surface area is 153 Å². The van der Waals surface area contributed by atoms with Crippen LogP contribution < -0.4 is 0 Å². The van der Waals surface area contributed by atoms with Crippen LogP contribution in [-0.4, -0.2) is 14.8 Å². The highest BCUT2D eigenvalue weighted by Crippen LogP contribution is 2.42. The molecule has 2 rings (SSSR count). The summed E-state index contributed by atoms with van der Waals surface area (Å²) in [6.45, 7) is 0. The molecule has 10 nitrogen and oxygen atoms in total. The highest BCUT2D eigenvalue weighted by molar-refractivity contribution is 5.39. The molecule has 0 aromatic heterocycles. The number of rotatable bonds is 5. The molecule has 2 atom stereocenters. The summed E-state index contributed by atoms with van der Waals surface area (Å²) < 4.78 is 38.0. The topological polar surface area (TPSA) is 153 Å². The van der Waals surface area contributed by atoms with E-state index >= 15 is 0 Å². The monoisotopic (exact) mass is 397 g/mol. The fourth-order valence-electron chi connectivity index (χ4n) is 2.68. The van der Waals surface area contributed by atoms with Gasteiger partial charge in [0.15, 0.2) is 0 Å². The Morgan fingerprint density at radius 1 is 1.07 bits per heavy atom. The zero-order valence-electron chi connectivity index (χ0n) is 13.5. The molecule has 1 aliphatic rings. The summed E-state index contributed by atoms with van der Waals surface area (Å²) in [4.78, 5) is 30.3. The third kappa shape index (κ3) is 3.90. The normalized spacial score (nSPS) is 17.8. The van der Waals surface area contributed by atoms with Crippen molar-refractivity contribution < 1.29 is 27.9 Å². The van der Waals surface area contributed by atoms with Crippen LogP contribution in [0.15, 0.2) is 47.8 Å². The molecule has 0 amide bonds. The van der Waals surface area contributed by atoms with Gasteiger partial charge < -0.3 is 0 Å². The molecular weight excluding hydrogens is 389 g/mol. The first-order valence-corrected chi connectivity index (χ1v) is 7.27. The molecule has 0 radical (unpaired) electrons. The lowest BCUT2D eigenvalue weighted by atomic mass is 9.77. The fourth-order valence-corrected chi connectivity index (χ4v) is 2.68. The molecule has 1 aromatic rings. The summed E-state index contributed by atoms with van der Waals surface area (Å²) in [5, 5.41) is 43.0. The second kappa shape index (κ2) is 7.35. The Bertz CT molecular complexity index is 933. The maximum absolute atomic E-state index is 12.7. The van der Waals surface area contributed by atoms with E-state index in [1.54, 1.807) is 6.07 Å². The van der Waals surface area contributed by atoms with Crippen molar-refractivity contribution in [3.8, 4) is 6.07 Å².